The number of ether oxygens (including phenoxy) is 1. The van der Waals surface area contributed by atoms with Crippen molar-refractivity contribution in [1.82, 2.24) is 0 Å². The highest BCUT2D eigenvalue weighted by Gasteiger charge is 2.32. The molecule has 0 spiro atoms. The Morgan fingerprint density at radius 1 is 1.41 bits per heavy atom. The average molecular weight is 230 g/mol. The summed E-state index contributed by atoms with van der Waals surface area (Å²) in [6, 6.07) is 7.44. The number of fused-ring (bicyclic) bond motifs is 1. The molecule has 3 heteroatoms. The molecular formula is C14H14O3. The Labute approximate surface area is 99.4 Å². The summed E-state index contributed by atoms with van der Waals surface area (Å²) in [5.74, 6) is 1.63. The van der Waals surface area contributed by atoms with Crippen LogP contribution in [0, 0.1) is 5.92 Å². The van der Waals surface area contributed by atoms with Crippen LogP contribution in [0.15, 0.2) is 28.7 Å². The number of Topliss-reactive ketones (excluding diaryl/α,β-unsaturated/α-hetero) is 1. The highest BCUT2D eigenvalue weighted by atomic mass is 16.5. The molecule has 0 saturated heterocycles. The summed E-state index contributed by atoms with van der Waals surface area (Å²) in [5, 5.41) is 0.931. The molecular weight excluding hydrogens is 216 g/mol. The maximum atomic E-state index is 11.9. The Morgan fingerprint density at radius 2 is 2.24 bits per heavy atom. The lowest BCUT2D eigenvalue weighted by atomic mass is 10.2. The smallest absolute Gasteiger partial charge is 0.201 e. The van der Waals surface area contributed by atoms with Gasteiger partial charge < -0.3 is 9.15 Å². The van der Waals surface area contributed by atoms with Crippen LogP contribution < -0.4 is 4.74 Å². The first-order chi connectivity index (χ1) is 8.28. The summed E-state index contributed by atoms with van der Waals surface area (Å²) in [7, 11) is 0. The number of carbonyl (C=O) groups is 1. The van der Waals surface area contributed by atoms with Crippen molar-refractivity contribution in [1.29, 1.82) is 0 Å². The van der Waals surface area contributed by atoms with Gasteiger partial charge in [-0.25, -0.2) is 0 Å². The minimum absolute atomic E-state index is 0.138. The number of hydrogen-bond donors (Lipinski definition) is 0. The summed E-state index contributed by atoms with van der Waals surface area (Å²) in [6.07, 6.45) is 2.00. The van der Waals surface area contributed by atoms with Gasteiger partial charge in [0.1, 0.15) is 11.3 Å². The van der Waals surface area contributed by atoms with Crippen molar-refractivity contribution < 1.29 is 13.9 Å². The topological polar surface area (TPSA) is 39.4 Å². The number of benzene rings is 1. The summed E-state index contributed by atoms with van der Waals surface area (Å²) in [6.45, 7) is 2.58. The molecule has 1 aliphatic carbocycles. The van der Waals surface area contributed by atoms with E-state index < -0.39 is 0 Å². The quantitative estimate of drug-likeness (QED) is 0.755. The minimum Gasteiger partial charge on any atom is -0.494 e. The first kappa shape index (κ1) is 10.4. The van der Waals surface area contributed by atoms with Crippen molar-refractivity contribution in [3.05, 3.63) is 30.0 Å². The van der Waals surface area contributed by atoms with E-state index in [-0.39, 0.29) is 11.7 Å². The fourth-order valence-electron chi connectivity index (χ4n) is 1.95. The third-order valence-corrected chi connectivity index (χ3v) is 2.99. The molecule has 1 aromatic carbocycles. The Kier molecular flexibility index (Phi) is 2.39. The van der Waals surface area contributed by atoms with Crippen LogP contribution in [0.4, 0.5) is 0 Å². The lowest BCUT2D eigenvalue weighted by Crippen LogP contribution is -1.98. The largest absolute Gasteiger partial charge is 0.494 e. The molecule has 1 aromatic heterocycles. The molecule has 1 aliphatic rings. The predicted molar refractivity (Wildman–Crippen MR) is 64.4 cm³/mol. The van der Waals surface area contributed by atoms with Crippen LogP contribution in [-0.4, -0.2) is 12.4 Å². The molecule has 0 bridgehead atoms. The Morgan fingerprint density at radius 3 is 2.94 bits per heavy atom. The van der Waals surface area contributed by atoms with Crippen LogP contribution in [0.25, 0.3) is 11.0 Å². The van der Waals surface area contributed by atoms with E-state index in [1.807, 2.05) is 31.2 Å². The summed E-state index contributed by atoms with van der Waals surface area (Å²) >= 11 is 0. The van der Waals surface area contributed by atoms with Crippen LogP contribution in [0.2, 0.25) is 0 Å². The normalized spacial score (nSPS) is 15.1. The fourth-order valence-corrected chi connectivity index (χ4v) is 1.95. The molecule has 3 nitrogen and oxygen atoms in total. The van der Waals surface area contributed by atoms with E-state index in [1.54, 1.807) is 0 Å². The van der Waals surface area contributed by atoms with Crippen LogP contribution in [0.3, 0.4) is 0 Å². The molecule has 17 heavy (non-hydrogen) atoms. The molecule has 1 saturated carbocycles. The standard InChI is InChI=1S/C14H14O3/c1-2-16-11-5-6-12-10(7-11)8-13(17-12)14(15)9-3-4-9/h5-9H,2-4H2,1H3. The fraction of sp³-hybridized carbons (Fsp3) is 0.357. The number of hydrogen-bond acceptors (Lipinski definition) is 3. The summed E-state index contributed by atoms with van der Waals surface area (Å²) < 4.78 is 11.0. The second-order valence-corrected chi connectivity index (χ2v) is 4.38. The summed E-state index contributed by atoms with van der Waals surface area (Å²) in [5.41, 5.74) is 0.748. The van der Waals surface area contributed by atoms with E-state index in [1.165, 1.54) is 0 Å². The van der Waals surface area contributed by atoms with Crippen molar-refractivity contribution >= 4 is 16.8 Å². The molecule has 1 heterocycles. The van der Waals surface area contributed by atoms with Gasteiger partial charge in [-0.2, -0.15) is 0 Å². The lowest BCUT2D eigenvalue weighted by molar-refractivity contribution is 0.0942. The van der Waals surface area contributed by atoms with E-state index in [0.717, 1.165) is 29.6 Å². The third kappa shape index (κ3) is 1.93. The predicted octanol–water partition coefficient (Wildman–Crippen LogP) is 3.42. The van der Waals surface area contributed by atoms with E-state index in [2.05, 4.69) is 0 Å². The van der Waals surface area contributed by atoms with Crippen molar-refractivity contribution in [3.8, 4) is 5.75 Å². The Bertz CT molecular complexity index is 564. The van der Waals surface area contributed by atoms with Gasteiger partial charge in [0, 0.05) is 11.3 Å². The van der Waals surface area contributed by atoms with E-state index in [9.17, 15) is 4.79 Å². The molecule has 0 amide bonds. The lowest BCUT2D eigenvalue weighted by Gasteiger charge is -2.00. The number of ketones is 1. The highest BCUT2D eigenvalue weighted by molar-refractivity contribution is 6.00. The van der Waals surface area contributed by atoms with Gasteiger partial charge in [-0.15, -0.1) is 0 Å². The van der Waals surface area contributed by atoms with E-state index in [4.69, 9.17) is 9.15 Å². The molecule has 88 valence electrons. The van der Waals surface area contributed by atoms with Gasteiger partial charge in [0.05, 0.1) is 6.61 Å². The molecule has 0 N–H and O–H groups in total. The first-order valence-corrected chi connectivity index (χ1v) is 5.98. The van der Waals surface area contributed by atoms with Gasteiger partial charge in [-0.1, -0.05) is 0 Å². The maximum Gasteiger partial charge on any atom is 0.201 e. The van der Waals surface area contributed by atoms with Crippen LogP contribution in [0.5, 0.6) is 5.75 Å². The summed E-state index contributed by atoms with van der Waals surface area (Å²) in [4.78, 5) is 11.9. The molecule has 3 rings (SSSR count). The molecule has 0 aliphatic heterocycles. The number of carbonyl (C=O) groups excluding carboxylic acids is 1. The molecule has 0 radical (unpaired) electrons. The van der Waals surface area contributed by atoms with Crippen molar-refractivity contribution in [3.63, 3.8) is 0 Å². The average Bonchev–Trinajstić information content (AvgIpc) is 3.08. The molecule has 1 fully saturated rings. The molecule has 0 unspecified atom stereocenters. The first-order valence-electron chi connectivity index (χ1n) is 5.98. The van der Waals surface area contributed by atoms with Gasteiger partial charge in [-0.3, -0.25) is 4.79 Å². The molecule has 0 atom stereocenters. The highest BCUT2D eigenvalue weighted by Crippen LogP contribution is 2.34. The zero-order valence-corrected chi connectivity index (χ0v) is 9.73. The second kappa shape index (κ2) is 3.91. The van der Waals surface area contributed by atoms with Crippen LogP contribution in [-0.2, 0) is 0 Å². The SMILES string of the molecule is CCOc1ccc2oc(C(=O)C3CC3)cc2c1. The number of furan rings is 1. The zero-order valence-electron chi connectivity index (χ0n) is 9.73. The molecule has 2 aromatic rings. The third-order valence-electron chi connectivity index (χ3n) is 2.99. The van der Waals surface area contributed by atoms with Gasteiger partial charge in [0.2, 0.25) is 5.78 Å². The van der Waals surface area contributed by atoms with Crippen molar-refractivity contribution in [2.24, 2.45) is 5.92 Å². The van der Waals surface area contributed by atoms with Gasteiger partial charge in [-0.05, 0) is 44.0 Å². The monoisotopic (exact) mass is 230 g/mol. The Hall–Kier alpha value is -1.77. The van der Waals surface area contributed by atoms with Crippen molar-refractivity contribution in [2.45, 2.75) is 19.8 Å². The van der Waals surface area contributed by atoms with Gasteiger partial charge in [0.25, 0.3) is 0 Å². The van der Waals surface area contributed by atoms with E-state index >= 15 is 0 Å². The zero-order chi connectivity index (χ0) is 11.8. The van der Waals surface area contributed by atoms with Crippen molar-refractivity contribution in [2.75, 3.05) is 6.61 Å². The van der Waals surface area contributed by atoms with Gasteiger partial charge in [0.15, 0.2) is 5.76 Å². The van der Waals surface area contributed by atoms with Crippen LogP contribution in [0.1, 0.15) is 30.3 Å². The maximum absolute atomic E-state index is 11.9. The van der Waals surface area contributed by atoms with Gasteiger partial charge >= 0.3 is 0 Å². The van der Waals surface area contributed by atoms with Crippen LogP contribution >= 0.6 is 0 Å². The number of rotatable bonds is 4. The van der Waals surface area contributed by atoms with E-state index in [0.29, 0.717) is 12.4 Å². The second-order valence-electron chi connectivity index (χ2n) is 4.38. The Balaban J connectivity index is 1.97. The minimum atomic E-state index is 0.138.